The Bertz CT molecular complexity index is 1170. The molecule has 15 nitrogen and oxygen atoms in total. The molecule has 1 aromatic heterocycles. The number of carbonyl (C=O) groups is 3. The van der Waals surface area contributed by atoms with Gasteiger partial charge < -0.3 is 23.9 Å². The van der Waals surface area contributed by atoms with E-state index in [1.54, 1.807) is 12.1 Å². The minimum Gasteiger partial charge on any atom is -0.467 e. The zero-order chi connectivity index (χ0) is 27.4. The van der Waals surface area contributed by atoms with Crippen LogP contribution in [0.25, 0.3) is 0 Å². The Morgan fingerprint density at radius 2 is 1.65 bits per heavy atom. The van der Waals surface area contributed by atoms with Gasteiger partial charge in [-0.15, -0.1) is 0 Å². The summed E-state index contributed by atoms with van der Waals surface area (Å²) in [6, 6.07) is 5.50. The molecule has 37 heavy (non-hydrogen) atoms. The van der Waals surface area contributed by atoms with Crippen molar-refractivity contribution in [1.29, 1.82) is 0 Å². The van der Waals surface area contributed by atoms with Gasteiger partial charge in [0.05, 0.1) is 47.3 Å². The summed E-state index contributed by atoms with van der Waals surface area (Å²) < 4.78 is 43.5. The van der Waals surface area contributed by atoms with E-state index in [0.29, 0.717) is 5.76 Å². The standard InChI is InChI=1S/C20H24ClN3O12S/c21-15-11-16(23-12-13-2-1-5-32-13)14(10-17(15)37(22,30)31)20(27)35-7-6-33-18(25)3-4-19(26)34-8-9-36-24(28)29/h1-2,5,10-11,23,28-29H,3-4,6-9,12H2,(H2,22,30,31). The third-order valence-electron chi connectivity index (χ3n) is 4.30. The molecule has 0 saturated carbocycles. The number of primary sulfonamides is 1. The smallest absolute Gasteiger partial charge is 0.340 e. The number of halogens is 1. The van der Waals surface area contributed by atoms with Crippen molar-refractivity contribution in [2.24, 2.45) is 5.14 Å². The fourth-order valence-corrected chi connectivity index (χ4v) is 3.77. The number of nitrogens with one attached hydrogen (secondary N) is 1. The number of benzene rings is 1. The van der Waals surface area contributed by atoms with Gasteiger partial charge in [-0.3, -0.25) is 20.0 Å². The Labute approximate surface area is 215 Å². The average Bonchev–Trinajstić information content (AvgIpc) is 3.34. The Morgan fingerprint density at radius 3 is 2.22 bits per heavy atom. The molecule has 0 radical (unpaired) electrons. The maximum Gasteiger partial charge on any atom is 0.340 e. The minimum atomic E-state index is -4.25. The molecule has 0 spiro atoms. The highest BCUT2D eigenvalue weighted by molar-refractivity contribution is 7.89. The lowest BCUT2D eigenvalue weighted by molar-refractivity contribution is -0.493. The lowest BCUT2D eigenvalue weighted by Crippen LogP contribution is -2.20. The van der Waals surface area contributed by atoms with E-state index in [-0.39, 0.29) is 62.1 Å². The normalized spacial score (nSPS) is 11.3. The third kappa shape index (κ3) is 10.7. The zero-order valence-electron chi connectivity index (χ0n) is 19.1. The number of carbonyl (C=O) groups excluding carboxylic acids is 3. The second-order valence-corrected chi connectivity index (χ2v) is 8.91. The number of hydrogen-bond acceptors (Lipinski definition) is 14. The number of sulfonamides is 1. The maximum atomic E-state index is 12.6. The van der Waals surface area contributed by atoms with Gasteiger partial charge in [-0.25, -0.2) is 23.2 Å². The van der Waals surface area contributed by atoms with Crippen molar-refractivity contribution in [1.82, 2.24) is 5.39 Å². The van der Waals surface area contributed by atoms with Crippen molar-refractivity contribution in [2.45, 2.75) is 24.3 Å². The summed E-state index contributed by atoms with van der Waals surface area (Å²) in [5.74, 6) is -1.95. The first-order chi connectivity index (χ1) is 17.5. The second kappa shape index (κ2) is 14.5. The predicted octanol–water partition coefficient (Wildman–Crippen LogP) is 1.23. The first-order valence-corrected chi connectivity index (χ1v) is 12.3. The van der Waals surface area contributed by atoms with Gasteiger partial charge in [0.1, 0.15) is 37.1 Å². The molecule has 0 amide bonds. The van der Waals surface area contributed by atoms with Crippen molar-refractivity contribution in [3.63, 3.8) is 0 Å². The van der Waals surface area contributed by atoms with Crippen LogP contribution in [0.1, 0.15) is 29.0 Å². The van der Waals surface area contributed by atoms with Crippen LogP contribution >= 0.6 is 11.6 Å². The quantitative estimate of drug-likeness (QED) is 0.103. The van der Waals surface area contributed by atoms with Gasteiger partial charge in [0.25, 0.3) is 0 Å². The number of hydrogen-bond donors (Lipinski definition) is 4. The van der Waals surface area contributed by atoms with Gasteiger partial charge in [0, 0.05) is 0 Å². The van der Waals surface area contributed by atoms with Crippen molar-refractivity contribution >= 4 is 45.2 Å². The van der Waals surface area contributed by atoms with E-state index in [4.69, 9.17) is 41.0 Å². The fraction of sp³-hybridized carbons (Fsp3) is 0.350. The molecule has 0 aliphatic rings. The topological polar surface area (TPSA) is 217 Å². The van der Waals surface area contributed by atoms with Gasteiger partial charge in [0.15, 0.2) is 0 Å². The summed E-state index contributed by atoms with van der Waals surface area (Å²) in [5.41, 5.74) is -0.0473. The predicted molar refractivity (Wildman–Crippen MR) is 122 cm³/mol. The van der Waals surface area contributed by atoms with Gasteiger partial charge in [-0.2, -0.15) is 0 Å². The SMILES string of the molecule is NS(=O)(=O)c1cc(C(=O)OCCOC(=O)CCC(=O)OCCON(O)O)c(NCc2ccco2)cc1Cl. The molecule has 0 unspecified atom stereocenters. The molecule has 5 N–H and O–H groups in total. The molecule has 1 heterocycles. The van der Waals surface area contributed by atoms with Gasteiger partial charge in [-0.1, -0.05) is 11.6 Å². The van der Waals surface area contributed by atoms with E-state index in [1.807, 2.05) is 0 Å². The molecule has 0 saturated heterocycles. The molecule has 204 valence electrons. The third-order valence-corrected chi connectivity index (χ3v) is 5.67. The van der Waals surface area contributed by atoms with E-state index in [0.717, 1.165) is 6.07 Å². The maximum absolute atomic E-state index is 12.6. The highest BCUT2D eigenvalue weighted by atomic mass is 35.5. The van der Waals surface area contributed by atoms with Crippen LogP contribution in [-0.2, 0) is 45.2 Å². The summed E-state index contributed by atoms with van der Waals surface area (Å²) in [6.45, 7) is -1.18. The Balaban J connectivity index is 1.86. The van der Waals surface area contributed by atoms with Gasteiger partial charge in [-0.05, 0) is 24.3 Å². The van der Waals surface area contributed by atoms with Crippen LogP contribution < -0.4 is 10.5 Å². The highest BCUT2D eigenvalue weighted by Gasteiger charge is 2.22. The van der Waals surface area contributed by atoms with Gasteiger partial charge in [0.2, 0.25) is 10.0 Å². The number of nitrogens with two attached hydrogens (primary N) is 1. The van der Waals surface area contributed by atoms with Crippen molar-refractivity contribution in [2.75, 3.05) is 31.7 Å². The largest absolute Gasteiger partial charge is 0.467 e. The molecule has 0 aliphatic carbocycles. The fourth-order valence-electron chi connectivity index (χ4n) is 2.67. The van der Waals surface area contributed by atoms with Crippen LogP contribution in [0.2, 0.25) is 5.02 Å². The Hall–Kier alpha value is -3.25. The molecule has 17 heteroatoms. The summed E-state index contributed by atoms with van der Waals surface area (Å²) in [6.07, 6.45) is 0.814. The molecular formula is C20H24ClN3O12S. The molecule has 0 fully saturated rings. The number of anilines is 1. The minimum absolute atomic E-state index is 0.144. The number of esters is 3. The number of rotatable bonds is 15. The molecule has 0 atom stereocenters. The molecular weight excluding hydrogens is 542 g/mol. The molecule has 0 bridgehead atoms. The van der Waals surface area contributed by atoms with Crippen molar-refractivity contribution < 1.29 is 56.7 Å². The molecule has 0 aliphatic heterocycles. The summed E-state index contributed by atoms with van der Waals surface area (Å²) >= 11 is 6.02. The first kappa shape index (κ1) is 30.0. The monoisotopic (exact) mass is 565 g/mol. The Morgan fingerprint density at radius 1 is 1.03 bits per heavy atom. The van der Waals surface area contributed by atoms with E-state index < -0.39 is 38.2 Å². The lowest BCUT2D eigenvalue weighted by atomic mass is 10.1. The van der Waals surface area contributed by atoms with Crippen LogP contribution in [0.15, 0.2) is 39.8 Å². The second-order valence-electron chi connectivity index (χ2n) is 6.97. The van der Waals surface area contributed by atoms with E-state index in [9.17, 15) is 22.8 Å². The number of nitrogens with zero attached hydrogens (tertiary/aromatic N) is 1. The van der Waals surface area contributed by atoms with Crippen LogP contribution in [0.3, 0.4) is 0 Å². The molecule has 2 rings (SSSR count). The molecule has 1 aromatic carbocycles. The van der Waals surface area contributed by atoms with Gasteiger partial charge >= 0.3 is 17.9 Å². The zero-order valence-corrected chi connectivity index (χ0v) is 20.7. The van der Waals surface area contributed by atoms with Crippen molar-refractivity contribution in [3.8, 4) is 0 Å². The van der Waals surface area contributed by atoms with Crippen molar-refractivity contribution in [3.05, 3.63) is 46.9 Å². The summed E-state index contributed by atoms with van der Waals surface area (Å²) in [5, 5.41) is 23.9. The van der Waals surface area contributed by atoms with E-state index in [2.05, 4.69) is 14.9 Å². The number of furan rings is 1. The molecule has 2 aromatic rings. The lowest BCUT2D eigenvalue weighted by Gasteiger charge is -2.14. The average molecular weight is 566 g/mol. The highest BCUT2D eigenvalue weighted by Crippen LogP contribution is 2.29. The first-order valence-electron chi connectivity index (χ1n) is 10.4. The van der Waals surface area contributed by atoms with E-state index >= 15 is 0 Å². The Kier molecular flexibility index (Phi) is 11.7. The van der Waals surface area contributed by atoms with Crippen LogP contribution in [0.4, 0.5) is 5.69 Å². The van der Waals surface area contributed by atoms with Crippen LogP contribution in [0.5, 0.6) is 0 Å². The summed E-state index contributed by atoms with van der Waals surface area (Å²) in [4.78, 5) is 39.6. The summed E-state index contributed by atoms with van der Waals surface area (Å²) in [7, 11) is -4.25. The number of ether oxygens (including phenoxy) is 3. The van der Waals surface area contributed by atoms with E-state index in [1.165, 1.54) is 12.3 Å². The van der Waals surface area contributed by atoms with Crippen LogP contribution in [-0.4, -0.2) is 68.6 Å². The van der Waals surface area contributed by atoms with Crippen LogP contribution in [0, 0.1) is 0 Å².